The van der Waals surface area contributed by atoms with Crippen molar-refractivity contribution < 1.29 is 12.9 Å². The summed E-state index contributed by atoms with van der Waals surface area (Å²) in [7, 11) is -1.58. The maximum atomic E-state index is 6.71. The Morgan fingerprint density at radius 3 is 1.88 bits per heavy atom. The molecule has 0 bridgehead atoms. The largest absolute Gasteiger partial charge is 0.399 e. The average molecular weight is 471 g/mol. The molecule has 4 aromatic carbocycles. The van der Waals surface area contributed by atoms with Gasteiger partial charge in [0.05, 0.1) is 6.10 Å². The lowest BCUT2D eigenvalue weighted by molar-refractivity contribution is 0.0746. The minimum absolute atomic E-state index is 0.153. The van der Waals surface area contributed by atoms with Crippen LogP contribution < -0.4 is 4.52 Å². The fourth-order valence-corrected chi connectivity index (χ4v) is 6.95. The second-order valence-corrected chi connectivity index (χ2v) is 11.2. The Balaban J connectivity index is 1.65. The van der Waals surface area contributed by atoms with Gasteiger partial charge in [-0.2, -0.15) is 0 Å². The molecule has 4 heteroatoms. The number of hydrogen-bond acceptors (Lipinski definition) is 3. The minimum atomic E-state index is -1.58. The zero-order valence-electron chi connectivity index (χ0n) is 20.0. The van der Waals surface area contributed by atoms with Crippen LogP contribution in [0, 0.1) is 17.8 Å². The van der Waals surface area contributed by atoms with Crippen LogP contribution in [0.1, 0.15) is 40.0 Å². The first-order valence-corrected chi connectivity index (χ1v) is 13.5. The maximum Gasteiger partial charge on any atom is 0.387 e. The molecule has 1 aromatic heterocycles. The summed E-state index contributed by atoms with van der Waals surface area (Å²) in [5, 5.41) is 6.91. The Morgan fingerprint density at radius 1 is 0.765 bits per heavy atom. The van der Waals surface area contributed by atoms with E-state index in [1.807, 2.05) is 0 Å². The summed E-state index contributed by atoms with van der Waals surface area (Å²) >= 11 is 0. The predicted octanol–water partition coefficient (Wildman–Crippen LogP) is 9.49. The summed E-state index contributed by atoms with van der Waals surface area (Å²) in [6.45, 7) is 6.95. The van der Waals surface area contributed by atoms with Crippen molar-refractivity contribution >= 4 is 51.7 Å². The Hall–Kier alpha value is -2.74. The Labute approximate surface area is 201 Å². The van der Waals surface area contributed by atoms with Gasteiger partial charge in [-0.05, 0) is 64.3 Å². The second-order valence-electron chi connectivity index (χ2n) is 10.2. The van der Waals surface area contributed by atoms with E-state index in [0.29, 0.717) is 17.8 Å². The lowest BCUT2D eigenvalue weighted by atomic mass is 9.75. The maximum absolute atomic E-state index is 6.71. The highest BCUT2D eigenvalue weighted by Crippen LogP contribution is 2.43. The van der Waals surface area contributed by atoms with Gasteiger partial charge < -0.3 is 8.39 Å². The van der Waals surface area contributed by atoms with Gasteiger partial charge in [-0.3, -0.25) is 4.52 Å². The van der Waals surface area contributed by atoms with Crippen molar-refractivity contribution in [2.24, 2.45) is 17.8 Å². The van der Waals surface area contributed by atoms with Crippen LogP contribution in [0.15, 0.2) is 81.2 Å². The highest BCUT2D eigenvalue weighted by atomic mass is 31.1. The summed E-state index contributed by atoms with van der Waals surface area (Å²) in [6.07, 6.45) is 3.69. The van der Waals surface area contributed by atoms with Crippen LogP contribution in [0.2, 0.25) is 0 Å². The molecule has 5 aromatic rings. The molecule has 1 saturated carbocycles. The fraction of sp³-hybridized carbons (Fsp3) is 0.333. The number of hydrogen-bond donors (Lipinski definition) is 0. The first-order chi connectivity index (χ1) is 16.6. The smallest absolute Gasteiger partial charge is 0.387 e. The average Bonchev–Trinajstić information content (AvgIpc) is 3.00. The van der Waals surface area contributed by atoms with Gasteiger partial charge in [0.15, 0.2) is 0 Å². The van der Waals surface area contributed by atoms with E-state index in [2.05, 4.69) is 93.6 Å². The Kier molecular flexibility index (Phi) is 5.63. The zero-order valence-corrected chi connectivity index (χ0v) is 20.9. The molecule has 3 atom stereocenters. The van der Waals surface area contributed by atoms with Crippen molar-refractivity contribution in [1.29, 1.82) is 0 Å². The van der Waals surface area contributed by atoms with Gasteiger partial charge in [0.1, 0.15) is 11.2 Å². The summed E-state index contributed by atoms with van der Waals surface area (Å²) in [5.41, 5.74) is 1.68. The summed E-state index contributed by atoms with van der Waals surface area (Å²) < 4.78 is 19.9. The molecular weight excluding hydrogens is 439 g/mol. The van der Waals surface area contributed by atoms with Crippen LogP contribution >= 0.6 is 8.24 Å². The van der Waals surface area contributed by atoms with E-state index in [4.69, 9.17) is 12.9 Å². The topological polar surface area (TPSA) is 35.5 Å². The van der Waals surface area contributed by atoms with Crippen molar-refractivity contribution in [1.82, 2.24) is 0 Å². The van der Waals surface area contributed by atoms with E-state index in [1.54, 1.807) is 0 Å². The van der Waals surface area contributed by atoms with Gasteiger partial charge in [0.2, 0.25) is 0 Å². The summed E-state index contributed by atoms with van der Waals surface area (Å²) in [6, 6.07) is 25.5. The van der Waals surface area contributed by atoms with Crippen LogP contribution in [0.4, 0.5) is 0 Å². The molecular formula is C30H31O3P. The fourth-order valence-electron chi connectivity index (χ4n) is 5.74. The third-order valence-electron chi connectivity index (χ3n) is 7.56. The molecule has 1 fully saturated rings. The highest BCUT2D eigenvalue weighted by Gasteiger charge is 2.33. The molecule has 0 saturated heterocycles. The number of fused-ring (bicyclic) bond motifs is 7. The molecule has 6 rings (SSSR count). The third kappa shape index (κ3) is 3.82. The van der Waals surface area contributed by atoms with E-state index in [0.717, 1.165) is 28.4 Å². The number of benzene rings is 4. The predicted molar refractivity (Wildman–Crippen MR) is 143 cm³/mol. The van der Waals surface area contributed by atoms with Crippen molar-refractivity contribution in [3.63, 3.8) is 0 Å². The van der Waals surface area contributed by atoms with Crippen LogP contribution in [0.25, 0.3) is 43.5 Å². The van der Waals surface area contributed by atoms with Crippen LogP contribution in [0.5, 0.6) is 0 Å². The first kappa shape index (κ1) is 21.8. The van der Waals surface area contributed by atoms with Crippen molar-refractivity contribution in [2.75, 3.05) is 0 Å². The molecule has 1 aliphatic carbocycles. The monoisotopic (exact) mass is 470 g/mol. The van der Waals surface area contributed by atoms with Gasteiger partial charge in [-0.1, -0.05) is 87.9 Å². The SMILES string of the molecule is CC(C)[C@@H]1CC[C@@H](C)C[C@H]1Op1oc2ccc3ccccc3c2c2c(ccc3ccccc32)o1. The molecule has 1 aliphatic rings. The van der Waals surface area contributed by atoms with Gasteiger partial charge in [-0.25, -0.2) is 0 Å². The molecule has 0 amide bonds. The Bertz CT molecular complexity index is 1440. The van der Waals surface area contributed by atoms with Crippen molar-refractivity contribution in [3.8, 4) is 0 Å². The molecule has 0 N–H and O–H groups in total. The molecule has 0 aliphatic heterocycles. The highest BCUT2D eigenvalue weighted by molar-refractivity contribution is 7.31. The van der Waals surface area contributed by atoms with E-state index in [9.17, 15) is 0 Å². The van der Waals surface area contributed by atoms with Gasteiger partial charge in [-0.15, -0.1) is 0 Å². The van der Waals surface area contributed by atoms with Gasteiger partial charge in [0.25, 0.3) is 0 Å². The summed E-state index contributed by atoms with van der Waals surface area (Å²) in [4.78, 5) is 0. The molecule has 0 radical (unpaired) electrons. The standard InChI is InChI=1S/C30H31O3P/c1-19(2)23-15-12-20(3)18-28(23)33-34-31-26-16-13-21-8-4-6-10-24(21)29(26)30-25-11-7-5-9-22(25)14-17-27(30)32-34/h4-11,13-14,16-17,19-20,23,28H,12,15,18H2,1-3H3/t20-,23+,28-/m1/s1. The van der Waals surface area contributed by atoms with Crippen LogP contribution in [-0.4, -0.2) is 6.10 Å². The van der Waals surface area contributed by atoms with E-state index in [1.165, 1.54) is 34.4 Å². The normalized spacial score (nSPS) is 21.1. The first-order valence-electron chi connectivity index (χ1n) is 12.4. The molecule has 3 nitrogen and oxygen atoms in total. The second kappa shape index (κ2) is 8.80. The Morgan fingerprint density at radius 2 is 1.32 bits per heavy atom. The van der Waals surface area contributed by atoms with Crippen LogP contribution in [-0.2, 0) is 0 Å². The quantitative estimate of drug-likeness (QED) is 0.263. The third-order valence-corrected chi connectivity index (χ3v) is 8.69. The van der Waals surface area contributed by atoms with Gasteiger partial charge >= 0.3 is 8.24 Å². The van der Waals surface area contributed by atoms with E-state index in [-0.39, 0.29) is 6.10 Å². The molecule has 0 unspecified atom stereocenters. The summed E-state index contributed by atoms with van der Waals surface area (Å²) in [5.74, 6) is 1.77. The molecule has 34 heavy (non-hydrogen) atoms. The molecule has 0 spiro atoms. The van der Waals surface area contributed by atoms with E-state index >= 15 is 0 Å². The van der Waals surface area contributed by atoms with Gasteiger partial charge in [0, 0.05) is 10.8 Å². The number of rotatable bonds is 3. The lowest BCUT2D eigenvalue weighted by Gasteiger charge is -2.35. The zero-order chi connectivity index (χ0) is 23.2. The minimum Gasteiger partial charge on any atom is -0.399 e. The van der Waals surface area contributed by atoms with Crippen LogP contribution in [0.3, 0.4) is 0 Å². The molecule has 1 heterocycles. The van der Waals surface area contributed by atoms with Crippen molar-refractivity contribution in [3.05, 3.63) is 72.8 Å². The van der Waals surface area contributed by atoms with Crippen molar-refractivity contribution in [2.45, 2.75) is 46.1 Å². The molecule has 174 valence electrons. The lowest BCUT2D eigenvalue weighted by Crippen LogP contribution is -2.35. The van der Waals surface area contributed by atoms with E-state index < -0.39 is 8.24 Å².